The van der Waals surface area contributed by atoms with Gasteiger partial charge in [0, 0.05) is 35.8 Å². The van der Waals surface area contributed by atoms with Crippen LogP contribution in [0.2, 0.25) is 0 Å². The van der Waals surface area contributed by atoms with Crippen LogP contribution in [0.1, 0.15) is 46.4 Å². The zero-order valence-corrected chi connectivity index (χ0v) is 16.0. The molecule has 29 heavy (non-hydrogen) atoms. The molecule has 1 saturated carbocycles. The number of carbonyl (C=O) groups is 3. The van der Waals surface area contributed by atoms with E-state index in [9.17, 15) is 18.8 Å². The molecule has 6 nitrogen and oxygen atoms in total. The first-order valence-electron chi connectivity index (χ1n) is 9.76. The molecule has 0 spiro atoms. The van der Waals surface area contributed by atoms with Crippen LogP contribution in [-0.2, 0) is 4.79 Å². The van der Waals surface area contributed by atoms with Gasteiger partial charge in [0.2, 0.25) is 5.91 Å². The summed E-state index contributed by atoms with van der Waals surface area (Å²) in [5.74, 6) is -0.840. The van der Waals surface area contributed by atoms with E-state index in [1.807, 2.05) is 0 Å². The van der Waals surface area contributed by atoms with Gasteiger partial charge in [0.25, 0.3) is 11.8 Å². The molecule has 3 amide bonds. The summed E-state index contributed by atoms with van der Waals surface area (Å²) < 4.78 is 12.9. The van der Waals surface area contributed by atoms with Gasteiger partial charge in [-0.2, -0.15) is 0 Å². The first kappa shape index (κ1) is 20.5. The number of amides is 3. The van der Waals surface area contributed by atoms with Gasteiger partial charge in [0.1, 0.15) is 5.82 Å². The molecular weight excluding hydrogens is 373 g/mol. The highest BCUT2D eigenvalue weighted by molar-refractivity contribution is 6.04. The Kier molecular flexibility index (Phi) is 6.94. The fourth-order valence-corrected chi connectivity index (χ4v) is 3.31. The predicted octanol–water partition coefficient (Wildman–Crippen LogP) is 3.11. The molecule has 1 aliphatic rings. The molecule has 7 heteroatoms. The quantitative estimate of drug-likeness (QED) is 0.628. The third-order valence-electron chi connectivity index (χ3n) is 4.95. The van der Waals surface area contributed by atoms with Crippen molar-refractivity contribution < 1.29 is 18.8 Å². The Morgan fingerprint density at radius 3 is 2.00 bits per heavy atom. The molecule has 0 aromatic heterocycles. The maximum absolute atomic E-state index is 12.9. The van der Waals surface area contributed by atoms with Gasteiger partial charge in [0.05, 0.1) is 0 Å². The van der Waals surface area contributed by atoms with Crippen LogP contribution in [0.3, 0.4) is 0 Å². The topological polar surface area (TPSA) is 87.3 Å². The Bertz CT molecular complexity index is 860. The number of nitrogens with one attached hydrogen (secondary N) is 3. The maximum atomic E-state index is 12.9. The van der Waals surface area contributed by atoms with Crippen LogP contribution >= 0.6 is 0 Å². The lowest BCUT2D eigenvalue weighted by Crippen LogP contribution is -2.37. The third kappa shape index (κ3) is 5.88. The Hall–Kier alpha value is -3.22. The molecule has 0 radical (unpaired) electrons. The molecular formula is C22H24FN3O3. The standard InChI is InChI=1S/C22H24FN3O3/c23-18-9-5-17(6-10-18)22(29)26-19-11-7-16(8-12-19)21(28)25-14-13-24-20(27)15-3-1-2-4-15/h5-12,15H,1-4,13-14H2,(H,24,27)(H,25,28)(H,26,29). The van der Waals surface area contributed by atoms with E-state index in [0.29, 0.717) is 29.9 Å². The minimum absolute atomic E-state index is 0.0676. The Balaban J connectivity index is 1.42. The summed E-state index contributed by atoms with van der Waals surface area (Å²) in [4.78, 5) is 36.2. The monoisotopic (exact) mass is 397 g/mol. The molecule has 3 rings (SSSR count). The van der Waals surface area contributed by atoms with E-state index >= 15 is 0 Å². The predicted molar refractivity (Wildman–Crippen MR) is 108 cm³/mol. The summed E-state index contributed by atoms with van der Waals surface area (Å²) in [5, 5.41) is 8.31. The van der Waals surface area contributed by atoms with Crippen molar-refractivity contribution in [1.82, 2.24) is 10.6 Å². The number of carbonyl (C=O) groups excluding carboxylic acids is 3. The minimum atomic E-state index is -0.407. The Morgan fingerprint density at radius 1 is 0.793 bits per heavy atom. The average Bonchev–Trinajstić information content (AvgIpc) is 3.27. The SMILES string of the molecule is O=C(NCCNC(=O)C1CCCC1)c1ccc(NC(=O)c2ccc(F)cc2)cc1. The summed E-state index contributed by atoms with van der Waals surface area (Å²) in [6.07, 6.45) is 4.11. The molecule has 1 aliphatic carbocycles. The highest BCUT2D eigenvalue weighted by Gasteiger charge is 2.21. The summed E-state index contributed by atoms with van der Waals surface area (Å²) in [6.45, 7) is 0.743. The lowest BCUT2D eigenvalue weighted by atomic mass is 10.1. The van der Waals surface area contributed by atoms with Crippen molar-refractivity contribution >= 4 is 23.4 Å². The highest BCUT2D eigenvalue weighted by atomic mass is 19.1. The lowest BCUT2D eigenvalue weighted by molar-refractivity contribution is -0.124. The van der Waals surface area contributed by atoms with Crippen molar-refractivity contribution in [2.45, 2.75) is 25.7 Å². The zero-order valence-electron chi connectivity index (χ0n) is 16.0. The minimum Gasteiger partial charge on any atom is -0.354 e. The second-order valence-corrected chi connectivity index (χ2v) is 7.07. The van der Waals surface area contributed by atoms with Crippen LogP contribution in [0.4, 0.5) is 10.1 Å². The van der Waals surface area contributed by atoms with Crippen molar-refractivity contribution in [2.24, 2.45) is 5.92 Å². The first-order valence-corrected chi connectivity index (χ1v) is 9.76. The smallest absolute Gasteiger partial charge is 0.255 e. The van der Waals surface area contributed by atoms with Gasteiger partial charge in [-0.1, -0.05) is 12.8 Å². The second kappa shape index (κ2) is 9.82. The fraction of sp³-hybridized carbons (Fsp3) is 0.318. The zero-order chi connectivity index (χ0) is 20.6. The Labute approximate surface area is 168 Å². The summed E-state index contributed by atoms with van der Waals surface area (Å²) >= 11 is 0. The number of hydrogen-bond donors (Lipinski definition) is 3. The molecule has 2 aromatic rings. The molecule has 0 bridgehead atoms. The molecule has 1 fully saturated rings. The molecule has 3 N–H and O–H groups in total. The molecule has 0 unspecified atom stereocenters. The van der Waals surface area contributed by atoms with Gasteiger partial charge in [-0.25, -0.2) is 4.39 Å². The van der Waals surface area contributed by atoms with Crippen molar-refractivity contribution in [3.05, 3.63) is 65.5 Å². The van der Waals surface area contributed by atoms with Crippen molar-refractivity contribution in [3.63, 3.8) is 0 Å². The summed E-state index contributed by atoms with van der Waals surface area (Å²) in [6, 6.07) is 11.7. The summed E-state index contributed by atoms with van der Waals surface area (Å²) in [5.41, 5.74) is 1.32. The lowest BCUT2D eigenvalue weighted by Gasteiger charge is -2.11. The molecule has 0 saturated heterocycles. The second-order valence-electron chi connectivity index (χ2n) is 7.07. The summed E-state index contributed by atoms with van der Waals surface area (Å²) in [7, 11) is 0. The molecule has 0 aliphatic heterocycles. The fourth-order valence-electron chi connectivity index (χ4n) is 3.31. The van der Waals surface area contributed by atoms with E-state index in [1.165, 1.54) is 24.3 Å². The molecule has 2 aromatic carbocycles. The Morgan fingerprint density at radius 2 is 1.34 bits per heavy atom. The molecule has 0 heterocycles. The van der Waals surface area contributed by atoms with E-state index in [4.69, 9.17) is 0 Å². The van der Waals surface area contributed by atoms with Crippen LogP contribution in [0.15, 0.2) is 48.5 Å². The normalized spacial score (nSPS) is 13.7. The van der Waals surface area contributed by atoms with Crippen LogP contribution in [-0.4, -0.2) is 30.8 Å². The average molecular weight is 397 g/mol. The van der Waals surface area contributed by atoms with Gasteiger partial charge in [-0.05, 0) is 61.4 Å². The number of halogens is 1. The van der Waals surface area contributed by atoms with E-state index in [0.717, 1.165) is 25.7 Å². The van der Waals surface area contributed by atoms with Gasteiger partial charge < -0.3 is 16.0 Å². The van der Waals surface area contributed by atoms with E-state index in [1.54, 1.807) is 24.3 Å². The van der Waals surface area contributed by atoms with Crippen molar-refractivity contribution in [1.29, 1.82) is 0 Å². The number of benzene rings is 2. The number of anilines is 1. The van der Waals surface area contributed by atoms with Gasteiger partial charge in [-0.3, -0.25) is 14.4 Å². The van der Waals surface area contributed by atoms with E-state index in [2.05, 4.69) is 16.0 Å². The largest absolute Gasteiger partial charge is 0.354 e. The van der Waals surface area contributed by atoms with Gasteiger partial charge in [0.15, 0.2) is 0 Å². The number of hydrogen-bond acceptors (Lipinski definition) is 3. The van der Waals surface area contributed by atoms with E-state index < -0.39 is 5.82 Å². The van der Waals surface area contributed by atoms with Crippen LogP contribution in [0, 0.1) is 11.7 Å². The van der Waals surface area contributed by atoms with Crippen LogP contribution in [0.25, 0.3) is 0 Å². The maximum Gasteiger partial charge on any atom is 0.255 e. The number of rotatable bonds is 7. The molecule has 152 valence electrons. The first-order chi connectivity index (χ1) is 14.0. The van der Waals surface area contributed by atoms with Gasteiger partial charge in [-0.15, -0.1) is 0 Å². The van der Waals surface area contributed by atoms with Crippen LogP contribution in [0.5, 0.6) is 0 Å². The third-order valence-corrected chi connectivity index (χ3v) is 4.95. The van der Waals surface area contributed by atoms with E-state index in [-0.39, 0.29) is 23.6 Å². The highest BCUT2D eigenvalue weighted by Crippen LogP contribution is 2.24. The van der Waals surface area contributed by atoms with Gasteiger partial charge >= 0.3 is 0 Å². The molecule has 0 atom stereocenters. The van der Waals surface area contributed by atoms with Crippen LogP contribution < -0.4 is 16.0 Å². The van der Waals surface area contributed by atoms with Crippen molar-refractivity contribution in [3.8, 4) is 0 Å². The van der Waals surface area contributed by atoms with Crippen molar-refractivity contribution in [2.75, 3.05) is 18.4 Å².